The number of ether oxygens (including phenoxy) is 1. The summed E-state index contributed by atoms with van der Waals surface area (Å²) >= 11 is 0. The van der Waals surface area contributed by atoms with Crippen LogP contribution in [0.3, 0.4) is 0 Å². The molecular formula is C13H23N3O. The maximum atomic E-state index is 5.74. The molecule has 0 saturated carbocycles. The fourth-order valence-corrected chi connectivity index (χ4v) is 2.31. The molecule has 0 amide bonds. The largest absolute Gasteiger partial charge is 0.378 e. The lowest BCUT2D eigenvalue weighted by Gasteiger charge is -2.24. The topological polar surface area (TPSA) is 39.9 Å². The number of nitrogens with zero attached hydrogens (tertiary/aromatic N) is 3. The Bertz CT molecular complexity index is 348. The summed E-state index contributed by atoms with van der Waals surface area (Å²) < 4.78 is 7.91. The third-order valence-corrected chi connectivity index (χ3v) is 3.30. The monoisotopic (exact) mass is 237 g/mol. The van der Waals surface area contributed by atoms with Crippen molar-refractivity contribution in [3.05, 3.63) is 12.2 Å². The number of aryl methyl sites for hydroxylation is 1. The van der Waals surface area contributed by atoms with Crippen LogP contribution in [0.4, 0.5) is 0 Å². The van der Waals surface area contributed by atoms with Gasteiger partial charge in [-0.1, -0.05) is 0 Å². The first kappa shape index (κ1) is 12.6. The minimum absolute atomic E-state index is 0.0618. The lowest BCUT2D eigenvalue weighted by molar-refractivity contribution is 0.0110. The Morgan fingerprint density at radius 2 is 2.24 bits per heavy atom. The maximum absolute atomic E-state index is 5.74. The SMILES string of the molecule is CC(C)(C)n1cnnc1CCC1CCCCO1. The Morgan fingerprint density at radius 3 is 2.88 bits per heavy atom. The molecule has 96 valence electrons. The highest BCUT2D eigenvalue weighted by molar-refractivity contribution is 4.92. The van der Waals surface area contributed by atoms with E-state index in [9.17, 15) is 0 Å². The Balaban J connectivity index is 1.92. The molecule has 0 spiro atoms. The van der Waals surface area contributed by atoms with E-state index in [2.05, 4.69) is 35.5 Å². The minimum Gasteiger partial charge on any atom is -0.378 e. The fourth-order valence-electron chi connectivity index (χ4n) is 2.31. The number of aromatic nitrogens is 3. The molecule has 1 aliphatic rings. The van der Waals surface area contributed by atoms with Crippen LogP contribution in [0, 0.1) is 0 Å². The summed E-state index contributed by atoms with van der Waals surface area (Å²) in [6, 6.07) is 0. The van der Waals surface area contributed by atoms with Crippen LogP contribution in [0.25, 0.3) is 0 Å². The van der Waals surface area contributed by atoms with Gasteiger partial charge in [0.15, 0.2) is 0 Å². The Morgan fingerprint density at radius 1 is 1.41 bits per heavy atom. The smallest absolute Gasteiger partial charge is 0.133 e. The molecule has 17 heavy (non-hydrogen) atoms. The van der Waals surface area contributed by atoms with Crippen molar-refractivity contribution < 1.29 is 4.74 Å². The molecule has 0 aliphatic carbocycles. The lowest BCUT2D eigenvalue weighted by Crippen LogP contribution is -2.25. The summed E-state index contributed by atoms with van der Waals surface area (Å²) in [6.07, 6.45) is 8.00. The summed E-state index contributed by atoms with van der Waals surface area (Å²) in [4.78, 5) is 0. The predicted molar refractivity (Wildman–Crippen MR) is 66.9 cm³/mol. The van der Waals surface area contributed by atoms with E-state index < -0.39 is 0 Å². The third-order valence-electron chi connectivity index (χ3n) is 3.30. The zero-order valence-electron chi connectivity index (χ0n) is 11.1. The molecule has 1 atom stereocenters. The number of rotatable bonds is 3. The molecule has 4 heteroatoms. The number of hydrogen-bond donors (Lipinski definition) is 0. The van der Waals surface area contributed by atoms with Gasteiger partial charge in [-0.25, -0.2) is 0 Å². The first-order valence-electron chi connectivity index (χ1n) is 6.58. The van der Waals surface area contributed by atoms with Crippen LogP contribution in [0.15, 0.2) is 6.33 Å². The summed E-state index contributed by atoms with van der Waals surface area (Å²) in [5, 5.41) is 8.25. The van der Waals surface area contributed by atoms with Crippen LogP contribution in [-0.2, 0) is 16.7 Å². The maximum Gasteiger partial charge on any atom is 0.133 e. The van der Waals surface area contributed by atoms with Gasteiger partial charge >= 0.3 is 0 Å². The lowest BCUT2D eigenvalue weighted by atomic mass is 10.0. The van der Waals surface area contributed by atoms with E-state index in [0.29, 0.717) is 6.10 Å². The zero-order chi connectivity index (χ0) is 12.3. The van der Waals surface area contributed by atoms with Gasteiger partial charge in [0.05, 0.1) is 6.10 Å². The van der Waals surface area contributed by atoms with Gasteiger partial charge in [-0.3, -0.25) is 0 Å². The number of hydrogen-bond acceptors (Lipinski definition) is 3. The van der Waals surface area contributed by atoms with Gasteiger partial charge in [-0.2, -0.15) is 0 Å². The zero-order valence-corrected chi connectivity index (χ0v) is 11.1. The molecule has 0 radical (unpaired) electrons. The molecular weight excluding hydrogens is 214 g/mol. The predicted octanol–water partition coefficient (Wildman–Crippen LogP) is 2.53. The van der Waals surface area contributed by atoms with Crippen molar-refractivity contribution in [2.45, 2.75) is 64.5 Å². The van der Waals surface area contributed by atoms with Crippen molar-refractivity contribution in [1.29, 1.82) is 0 Å². The second-order valence-electron chi connectivity index (χ2n) is 5.82. The van der Waals surface area contributed by atoms with Crippen LogP contribution < -0.4 is 0 Å². The summed E-state index contributed by atoms with van der Waals surface area (Å²) in [6.45, 7) is 7.46. The van der Waals surface area contributed by atoms with Gasteiger partial charge in [0.1, 0.15) is 12.2 Å². The highest BCUT2D eigenvalue weighted by Gasteiger charge is 2.19. The molecule has 2 heterocycles. The van der Waals surface area contributed by atoms with Gasteiger partial charge in [0.2, 0.25) is 0 Å². The second-order valence-corrected chi connectivity index (χ2v) is 5.82. The second kappa shape index (κ2) is 5.17. The first-order valence-corrected chi connectivity index (χ1v) is 6.58. The van der Waals surface area contributed by atoms with Crippen LogP contribution in [0.1, 0.15) is 52.3 Å². The molecule has 0 N–H and O–H groups in total. The fraction of sp³-hybridized carbons (Fsp3) is 0.846. The van der Waals surface area contributed by atoms with Crippen molar-refractivity contribution in [1.82, 2.24) is 14.8 Å². The molecule has 1 fully saturated rings. The van der Waals surface area contributed by atoms with Gasteiger partial charge in [0, 0.05) is 18.6 Å². The van der Waals surface area contributed by atoms with Crippen LogP contribution >= 0.6 is 0 Å². The van der Waals surface area contributed by atoms with Gasteiger partial charge in [0.25, 0.3) is 0 Å². The van der Waals surface area contributed by atoms with Gasteiger partial charge < -0.3 is 9.30 Å². The Kier molecular flexibility index (Phi) is 3.82. The molecule has 1 unspecified atom stereocenters. The highest BCUT2D eigenvalue weighted by atomic mass is 16.5. The molecule has 2 rings (SSSR count). The van der Waals surface area contributed by atoms with E-state index in [-0.39, 0.29) is 5.54 Å². The third kappa shape index (κ3) is 3.28. The molecule has 0 bridgehead atoms. The standard InChI is InChI=1S/C13H23N3O/c1-13(2,3)16-10-14-15-12(16)8-7-11-6-4-5-9-17-11/h10-11H,4-9H2,1-3H3. The first-order chi connectivity index (χ1) is 8.07. The summed E-state index contributed by atoms with van der Waals surface area (Å²) in [5.41, 5.74) is 0.0618. The average molecular weight is 237 g/mol. The normalized spacial score (nSPS) is 21.7. The molecule has 1 aliphatic heterocycles. The molecule has 1 aromatic rings. The van der Waals surface area contributed by atoms with E-state index in [1.54, 1.807) is 0 Å². The molecule has 4 nitrogen and oxygen atoms in total. The van der Waals surface area contributed by atoms with Crippen molar-refractivity contribution >= 4 is 0 Å². The van der Waals surface area contributed by atoms with E-state index in [1.807, 2.05) is 6.33 Å². The Hall–Kier alpha value is -0.900. The summed E-state index contributed by atoms with van der Waals surface area (Å²) in [7, 11) is 0. The van der Waals surface area contributed by atoms with Crippen molar-refractivity contribution in [3.63, 3.8) is 0 Å². The molecule has 1 aromatic heterocycles. The average Bonchev–Trinajstić information content (AvgIpc) is 2.75. The van der Waals surface area contributed by atoms with E-state index >= 15 is 0 Å². The summed E-state index contributed by atoms with van der Waals surface area (Å²) in [5.74, 6) is 1.08. The Labute approximate surface area is 103 Å². The van der Waals surface area contributed by atoms with Gasteiger partial charge in [-0.05, 0) is 46.5 Å². The molecule has 0 aromatic carbocycles. The minimum atomic E-state index is 0.0618. The van der Waals surface area contributed by atoms with E-state index in [0.717, 1.165) is 25.3 Å². The van der Waals surface area contributed by atoms with Crippen molar-refractivity contribution in [3.8, 4) is 0 Å². The van der Waals surface area contributed by atoms with E-state index in [1.165, 1.54) is 19.3 Å². The highest BCUT2D eigenvalue weighted by Crippen LogP contribution is 2.20. The van der Waals surface area contributed by atoms with Gasteiger partial charge in [-0.15, -0.1) is 10.2 Å². The van der Waals surface area contributed by atoms with Crippen LogP contribution in [0.5, 0.6) is 0 Å². The van der Waals surface area contributed by atoms with E-state index in [4.69, 9.17) is 4.74 Å². The van der Waals surface area contributed by atoms with Crippen LogP contribution in [-0.4, -0.2) is 27.5 Å². The van der Waals surface area contributed by atoms with Crippen molar-refractivity contribution in [2.75, 3.05) is 6.61 Å². The van der Waals surface area contributed by atoms with Crippen molar-refractivity contribution in [2.24, 2.45) is 0 Å². The molecule has 1 saturated heterocycles. The van der Waals surface area contributed by atoms with Crippen LogP contribution in [0.2, 0.25) is 0 Å². The quantitative estimate of drug-likeness (QED) is 0.811.